The van der Waals surface area contributed by atoms with Crippen molar-refractivity contribution in [3.63, 3.8) is 0 Å². The highest BCUT2D eigenvalue weighted by Crippen LogP contribution is 2.19. The quantitative estimate of drug-likeness (QED) is 0.598. The molecule has 9 nitrogen and oxygen atoms in total. The number of carbonyl (C=O) groups excluding carboxylic acids is 3. The van der Waals surface area contributed by atoms with E-state index < -0.39 is 29.4 Å². The molecular formula is C21H40N4O5. The Balaban J connectivity index is 2.84. The lowest BCUT2D eigenvalue weighted by Gasteiger charge is -2.35. The van der Waals surface area contributed by atoms with Crippen molar-refractivity contribution >= 4 is 18.1 Å². The molecule has 0 aromatic heterocycles. The van der Waals surface area contributed by atoms with Crippen LogP contribution in [0, 0.1) is 11.8 Å². The van der Waals surface area contributed by atoms with Crippen molar-refractivity contribution in [2.75, 3.05) is 32.7 Å². The van der Waals surface area contributed by atoms with E-state index in [-0.39, 0.29) is 24.3 Å². The molecule has 1 aliphatic heterocycles. The van der Waals surface area contributed by atoms with Crippen molar-refractivity contribution in [1.29, 1.82) is 0 Å². The Morgan fingerprint density at radius 2 is 1.43 bits per heavy atom. The van der Waals surface area contributed by atoms with Gasteiger partial charge in [-0.1, -0.05) is 13.8 Å². The molecule has 3 atom stereocenters. The highest BCUT2D eigenvalue weighted by molar-refractivity contribution is 5.79. The molecule has 1 heterocycles. The Morgan fingerprint density at radius 3 is 1.93 bits per heavy atom. The summed E-state index contributed by atoms with van der Waals surface area (Å²) in [6, 6.07) is -0.505. The van der Waals surface area contributed by atoms with Gasteiger partial charge < -0.3 is 30.3 Å². The standard InChI is InChI=1S/C21H40N4O5/c1-14(15(2)17(26)25-11-9-22-10-12-25)16(24-19(28)30-21(6,7)8)13-23-18(27)29-20(3,4)5/h14-16,22H,9-13H2,1-8H3,(H,23,27)(H,24,28). The summed E-state index contributed by atoms with van der Waals surface area (Å²) in [6.45, 7) is 17.4. The number of piperazine rings is 1. The fourth-order valence-electron chi connectivity index (χ4n) is 3.08. The highest BCUT2D eigenvalue weighted by atomic mass is 16.6. The van der Waals surface area contributed by atoms with Crippen LogP contribution in [0.2, 0.25) is 0 Å². The summed E-state index contributed by atoms with van der Waals surface area (Å²) in [4.78, 5) is 39.2. The van der Waals surface area contributed by atoms with E-state index in [1.807, 2.05) is 18.7 Å². The first-order valence-electron chi connectivity index (χ1n) is 10.7. The number of amides is 3. The minimum Gasteiger partial charge on any atom is -0.444 e. The first-order chi connectivity index (χ1) is 13.7. The molecule has 0 radical (unpaired) electrons. The number of hydrogen-bond donors (Lipinski definition) is 3. The molecule has 0 saturated carbocycles. The fraction of sp³-hybridized carbons (Fsp3) is 0.857. The molecule has 3 unspecified atom stereocenters. The summed E-state index contributed by atoms with van der Waals surface area (Å²) in [5, 5.41) is 8.74. The Kier molecular flexibility index (Phi) is 9.39. The van der Waals surface area contributed by atoms with E-state index in [9.17, 15) is 14.4 Å². The Labute approximate surface area is 180 Å². The Morgan fingerprint density at radius 1 is 0.933 bits per heavy atom. The van der Waals surface area contributed by atoms with Crippen LogP contribution in [0.1, 0.15) is 55.4 Å². The van der Waals surface area contributed by atoms with Gasteiger partial charge in [0.25, 0.3) is 0 Å². The molecule has 0 bridgehead atoms. The van der Waals surface area contributed by atoms with Gasteiger partial charge in [0, 0.05) is 38.6 Å². The van der Waals surface area contributed by atoms with Crippen LogP contribution in [0.4, 0.5) is 9.59 Å². The number of hydrogen-bond acceptors (Lipinski definition) is 6. The number of carbonyl (C=O) groups is 3. The van der Waals surface area contributed by atoms with Gasteiger partial charge in [0.2, 0.25) is 5.91 Å². The smallest absolute Gasteiger partial charge is 0.407 e. The summed E-state index contributed by atoms with van der Waals surface area (Å²) < 4.78 is 10.6. The van der Waals surface area contributed by atoms with Crippen LogP contribution in [0.25, 0.3) is 0 Å². The van der Waals surface area contributed by atoms with Crippen molar-refractivity contribution in [1.82, 2.24) is 20.9 Å². The van der Waals surface area contributed by atoms with Gasteiger partial charge in [-0.15, -0.1) is 0 Å². The van der Waals surface area contributed by atoms with E-state index in [1.54, 1.807) is 41.5 Å². The monoisotopic (exact) mass is 428 g/mol. The summed E-state index contributed by atoms with van der Waals surface area (Å²) in [6.07, 6.45) is -1.17. The molecule has 3 N–H and O–H groups in total. The number of rotatable bonds is 6. The molecule has 0 aliphatic carbocycles. The summed E-state index contributed by atoms with van der Waals surface area (Å²) in [5.41, 5.74) is -1.28. The number of alkyl carbamates (subject to hydrolysis) is 2. The molecule has 1 rings (SSSR count). The van der Waals surface area contributed by atoms with Crippen molar-refractivity contribution in [3.8, 4) is 0 Å². The van der Waals surface area contributed by atoms with E-state index in [2.05, 4.69) is 16.0 Å². The molecule has 174 valence electrons. The molecule has 9 heteroatoms. The third kappa shape index (κ3) is 9.65. The average molecular weight is 429 g/mol. The molecule has 1 fully saturated rings. The van der Waals surface area contributed by atoms with Crippen molar-refractivity contribution < 1.29 is 23.9 Å². The predicted octanol–water partition coefficient (Wildman–Crippen LogP) is 2.11. The molecule has 0 spiro atoms. The van der Waals surface area contributed by atoms with E-state index in [1.165, 1.54) is 0 Å². The van der Waals surface area contributed by atoms with Crippen LogP contribution in [-0.4, -0.2) is 73.0 Å². The van der Waals surface area contributed by atoms with Crippen LogP contribution in [0.5, 0.6) is 0 Å². The Bertz CT molecular complexity index is 591. The van der Waals surface area contributed by atoms with Gasteiger partial charge in [-0.3, -0.25) is 4.79 Å². The summed E-state index contributed by atoms with van der Waals surface area (Å²) in [5.74, 6) is -0.546. The van der Waals surface area contributed by atoms with Gasteiger partial charge >= 0.3 is 12.2 Å². The first-order valence-corrected chi connectivity index (χ1v) is 10.7. The van der Waals surface area contributed by atoms with Crippen molar-refractivity contribution in [2.45, 2.75) is 72.6 Å². The Hall–Kier alpha value is -2.03. The lowest BCUT2D eigenvalue weighted by atomic mass is 9.87. The predicted molar refractivity (Wildman–Crippen MR) is 115 cm³/mol. The van der Waals surface area contributed by atoms with E-state index in [0.717, 1.165) is 13.1 Å². The van der Waals surface area contributed by atoms with Crippen LogP contribution >= 0.6 is 0 Å². The maximum Gasteiger partial charge on any atom is 0.407 e. The fourth-order valence-corrected chi connectivity index (χ4v) is 3.08. The maximum atomic E-state index is 12.9. The van der Waals surface area contributed by atoms with Crippen molar-refractivity contribution in [3.05, 3.63) is 0 Å². The van der Waals surface area contributed by atoms with E-state index in [4.69, 9.17) is 9.47 Å². The minimum absolute atomic E-state index is 0.0391. The molecule has 0 aromatic carbocycles. The van der Waals surface area contributed by atoms with E-state index in [0.29, 0.717) is 13.1 Å². The average Bonchev–Trinajstić information content (AvgIpc) is 2.61. The zero-order valence-corrected chi connectivity index (χ0v) is 19.8. The first kappa shape index (κ1) is 26.0. The summed E-state index contributed by atoms with van der Waals surface area (Å²) in [7, 11) is 0. The van der Waals surface area contributed by atoms with Gasteiger partial charge in [0.1, 0.15) is 11.2 Å². The topological polar surface area (TPSA) is 109 Å². The van der Waals surface area contributed by atoms with E-state index >= 15 is 0 Å². The van der Waals surface area contributed by atoms with Gasteiger partial charge in [-0.2, -0.15) is 0 Å². The van der Waals surface area contributed by atoms with Crippen molar-refractivity contribution in [2.24, 2.45) is 11.8 Å². The normalized spacial score (nSPS) is 18.1. The lowest BCUT2D eigenvalue weighted by Crippen LogP contribution is -2.54. The second-order valence-corrected chi connectivity index (χ2v) is 9.86. The van der Waals surface area contributed by atoms with Gasteiger partial charge in [-0.25, -0.2) is 9.59 Å². The van der Waals surface area contributed by atoms with Gasteiger partial charge in [0.15, 0.2) is 0 Å². The zero-order valence-electron chi connectivity index (χ0n) is 19.8. The highest BCUT2D eigenvalue weighted by Gasteiger charge is 2.33. The second-order valence-electron chi connectivity index (χ2n) is 9.86. The third-order valence-electron chi connectivity index (χ3n) is 4.81. The molecule has 30 heavy (non-hydrogen) atoms. The molecule has 1 aliphatic rings. The number of ether oxygens (including phenoxy) is 2. The summed E-state index contributed by atoms with van der Waals surface area (Å²) >= 11 is 0. The van der Waals surface area contributed by atoms with Gasteiger partial charge in [-0.05, 0) is 47.5 Å². The maximum absolute atomic E-state index is 12.9. The molecule has 3 amide bonds. The zero-order chi connectivity index (χ0) is 23.1. The lowest BCUT2D eigenvalue weighted by molar-refractivity contribution is -0.137. The number of nitrogens with zero attached hydrogens (tertiary/aromatic N) is 1. The van der Waals surface area contributed by atoms with Crippen LogP contribution in [0.15, 0.2) is 0 Å². The van der Waals surface area contributed by atoms with Crippen LogP contribution < -0.4 is 16.0 Å². The number of nitrogens with one attached hydrogen (secondary N) is 3. The van der Waals surface area contributed by atoms with Crippen LogP contribution in [0.3, 0.4) is 0 Å². The second kappa shape index (κ2) is 10.8. The van der Waals surface area contributed by atoms with Gasteiger partial charge in [0.05, 0.1) is 6.04 Å². The minimum atomic E-state index is -0.654. The third-order valence-corrected chi connectivity index (χ3v) is 4.81. The van der Waals surface area contributed by atoms with Crippen LogP contribution in [-0.2, 0) is 14.3 Å². The molecule has 1 saturated heterocycles. The molecular weight excluding hydrogens is 388 g/mol. The molecule has 0 aromatic rings. The largest absolute Gasteiger partial charge is 0.444 e. The SMILES string of the molecule is CC(C(=O)N1CCNCC1)C(C)C(CNC(=O)OC(C)(C)C)NC(=O)OC(C)(C)C.